The van der Waals surface area contributed by atoms with Gasteiger partial charge in [0, 0.05) is 36.8 Å². The van der Waals surface area contributed by atoms with Crippen LogP contribution in [0.5, 0.6) is 11.8 Å². The molecule has 0 bridgehead atoms. The van der Waals surface area contributed by atoms with Crippen LogP contribution in [0.25, 0.3) is 32.9 Å². The van der Waals surface area contributed by atoms with Crippen LogP contribution in [0.15, 0.2) is 42.6 Å². The van der Waals surface area contributed by atoms with E-state index in [1.807, 2.05) is 0 Å². The van der Waals surface area contributed by atoms with E-state index in [-0.39, 0.29) is 51.6 Å². The van der Waals surface area contributed by atoms with Crippen molar-refractivity contribution in [3.05, 3.63) is 59.8 Å². The molecule has 3 aliphatic heterocycles. The molecule has 2 aromatic heterocycles. The van der Waals surface area contributed by atoms with Crippen LogP contribution in [-0.4, -0.2) is 74.5 Å². The standard InChI is InChI=1S/C33H31F2N5O3/c1-2-23-26(34)9-8-20-14-21(41)15-24(27(20)23)29-28(35)30-25(17-36-29)31(39-11-5-3-4-6-12-39)38-32(37-30)43-19-33-10-7-13-40(33)18-22(42)16-33/h1,3-4,8-9,14-15,17,22,41-42H,5-7,10-13,16,18-19H2/t22-,33-/m0/s1. The van der Waals surface area contributed by atoms with Gasteiger partial charge in [0.25, 0.3) is 0 Å². The maximum absolute atomic E-state index is 16.7. The van der Waals surface area contributed by atoms with E-state index in [0.29, 0.717) is 42.6 Å². The molecule has 0 saturated carbocycles. The lowest BCUT2D eigenvalue weighted by Crippen LogP contribution is -2.43. The average molecular weight is 584 g/mol. The van der Waals surface area contributed by atoms with E-state index in [1.165, 1.54) is 30.5 Å². The number of hydrogen-bond acceptors (Lipinski definition) is 8. The number of phenols is 1. The zero-order valence-corrected chi connectivity index (χ0v) is 23.6. The second-order valence-electron chi connectivity index (χ2n) is 11.6. The van der Waals surface area contributed by atoms with Gasteiger partial charge in [-0.25, -0.2) is 8.78 Å². The Labute approximate surface area is 247 Å². The van der Waals surface area contributed by atoms with Crippen molar-refractivity contribution in [1.29, 1.82) is 0 Å². The number of anilines is 1. The molecule has 0 unspecified atom stereocenters. The first-order valence-corrected chi connectivity index (χ1v) is 14.6. The van der Waals surface area contributed by atoms with Crippen molar-refractivity contribution in [3.63, 3.8) is 0 Å². The maximum atomic E-state index is 16.7. The second-order valence-corrected chi connectivity index (χ2v) is 11.6. The highest BCUT2D eigenvalue weighted by molar-refractivity contribution is 6.03. The third-order valence-electron chi connectivity index (χ3n) is 8.95. The van der Waals surface area contributed by atoms with Gasteiger partial charge in [-0.3, -0.25) is 9.88 Å². The van der Waals surface area contributed by atoms with Gasteiger partial charge in [-0.1, -0.05) is 24.1 Å². The average Bonchev–Trinajstić information content (AvgIpc) is 3.37. The minimum absolute atomic E-state index is 0.00425. The number of nitrogens with zero attached hydrogens (tertiary/aromatic N) is 5. The summed E-state index contributed by atoms with van der Waals surface area (Å²) in [5.74, 6) is 1.37. The summed E-state index contributed by atoms with van der Waals surface area (Å²) >= 11 is 0. The van der Waals surface area contributed by atoms with Gasteiger partial charge >= 0.3 is 6.01 Å². The van der Waals surface area contributed by atoms with Crippen molar-refractivity contribution in [2.24, 2.45) is 0 Å². The van der Waals surface area contributed by atoms with Gasteiger partial charge in [0.2, 0.25) is 0 Å². The number of aromatic hydroxyl groups is 1. The van der Waals surface area contributed by atoms with Crippen molar-refractivity contribution < 1.29 is 23.7 Å². The molecule has 2 fully saturated rings. The molecule has 0 spiro atoms. The molecule has 0 amide bonds. The predicted octanol–water partition coefficient (Wildman–Crippen LogP) is 4.94. The molecule has 10 heteroatoms. The molecule has 4 aromatic rings. The molecule has 2 saturated heterocycles. The second kappa shape index (κ2) is 10.7. The summed E-state index contributed by atoms with van der Waals surface area (Å²) in [6.07, 6.45) is 15.1. The first-order valence-electron chi connectivity index (χ1n) is 14.6. The van der Waals surface area contributed by atoms with Gasteiger partial charge < -0.3 is 19.8 Å². The Morgan fingerprint density at radius 1 is 1.12 bits per heavy atom. The molecular formula is C33H31F2N5O3. The van der Waals surface area contributed by atoms with Gasteiger partial charge in [-0.2, -0.15) is 9.97 Å². The van der Waals surface area contributed by atoms with E-state index in [1.54, 1.807) is 0 Å². The number of aliphatic hydroxyl groups is 1. The number of pyridine rings is 1. The third-order valence-corrected chi connectivity index (χ3v) is 8.95. The lowest BCUT2D eigenvalue weighted by Gasteiger charge is -2.31. The van der Waals surface area contributed by atoms with Crippen LogP contribution in [0.4, 0.5) is 14.6 Å². The lowest BCUT2D eigenvalue weighted by molar-refractivity contribution is 0.107. The maximum Gasteiger partial charge on any atom is 0.319 e. The molecular weight excluding hydrogens is 552 g/mol. The van der Waals surface area contributed by atoms with Crippen molar-refractivity contribution >= 4 is 27.5 Å². The molecule has 220 valence electrons. The minimum Gasteiger partial charge on any atom is -0.508 e. The third kappa shape index (κ3) is 4.73. The van der Waals surface area contributed by atoms with E-state index in [2.05, 4.69) is 37.8 Å². The van der Waals surface area contributed by atoms with Crippen LogP contribution < -0.4 is 9.64 Å². The summed E-state index contributed by atoms with van der Waals surface area (Å²) in [4.78, 5) is 18.1. The summed E-state index contributed by atoms with van der Waals surface area (Å²) in [6, 6.07) is 5.52. The number of ether oxygens (including phenoxy) is 1. The number of rotatable bonds is 5. The molecule has 7 rings (SSSR count). The fourth-order valence-electron chi connectivity index (χ4n) is 6.98. The number of fused-ring (bicyclic) bond motifs is 3. The van der Waals surface area contributed by atoms with Crippen LogP contribution >= 0.6 is 0 Å². The van der Waals surface area contributed by atoms with E-state index in [4.69, 9.17) is 16.1 Å². The molecule has 8 nitrogen and oxygen atoms in total. The van der Waals surface area contributed by atoms with Crippen LogP contribution in [0, 0.1) is 24.0 Å². The monoisotopic (exact) mass is 583 g/mol. The topological polar surface area (TPSA) is 94.8 Å². The van der Waals surface area contributed by atoms with Crippen LogP contribution in [-0.2, 0) is 0 Å². The van der Waals surface area contributed by atoms with Gasteiger partial charge in [-0.15, -0.1) is 6.42 Å². The molecule has 2 atom stereocenters. The summed E-state index contributed by atoms with van der Waals surface area (Å²) in [5.41, 5.74) is -0.309. The molecule has 43 heavy (non-hydrogen) atoms. The van der Waals surface area contributed by atoms with Crippen LogP contribution in [0.3, 0.4) is 0 Å². The Kier molecular flexibility index (Phi) is 6.87. The van der Waals surface area contributed by atoms with E-state index < -0.39 is 17.7 Å². The Bertz CT molecular complexity index is 1810. The van der Waals surface area contributed by atoms with Crippen molar-refractivity contribution in [1.82, 2.24) is 19.9 Å². The van der Waals surface area contributed by atoms with E-state index >= 15 is 4.39 Å². The fourth-order valence-corrected chi connectivity index (χ4v) is 6.98. The van der Waals surface area contributed by atoms with Crippen molar-refractivity contribution in [2.45, 2.75) is 43.7 Å². The van der Waals surface area contributed by atoms with Crippen LogP contribution in [0.1, 0.15) is 37.7 Å². The number of terminal acetylenes is 1. The normalized spacial score (nSPS) is 22.2. The molecule has 2 aromatic carbocycles. The largest absolute Gasteiger partial charge is 0.508 e. The number of aromatic nitrogens is 3. The highest BCUT2D eigenvalue weighted by Crippen LogP contribution is 2.41. The zero-order valence-electron chi connectivity index (χ0n) is 23.6. The van der Waals surface area contributed by atoms with Gasteiger partial charge in [0.05, 0.1) is 22.6 Å². The molecule has 2 N–H and O–H groups in total. The Balaban J connectivity index is 1.38. The minimum atomic E-state index is -0.755. The van der Waals surface area contributed by atoms with Gasteiger partial charge in [0.1, 0.15) is 35.2 Å². The first kappa shape index (κ1) is 27.5. The summed E-state index contributed by atoms with van der Waals surface area (Å²) in [5, 5.41) is 22.0. The lowest BCUT2D eigenvalue weighted by atomic mass is 9.94. The van der Waals surface area contributed by atoms with E-state index in [0.717, 1.165) is 32.2 Å². The summed E-state index contributed by atoms with van der Waals surface area (Å²) in [6.45, 7) is 3.13. The molecule has 0 radical (unpaired) electrons. The highest BCUT2D eigenvalue weighted by atomic mass is 19.1. The first-order chi connectivity index (χ1) is 20.9. The van der Waals surface area contributed by atoms with Crippen molar-refractivity contribution in [3.8, 4) is 35.4 Å². The highest BCUT2D eigenvalue weighted by Gasteiger charge is 2.48. The number of phenolic OH excluding ortho intramolecular Hbond substituents is 1. The van der Waals surface area contributed by atoms with Crippen molar-refractivity contribution in [2.75, 3.05) is 37.7 Å². The number of β-amino-alcohol motifs (C(OH)–C–C–N with tert-alkyl or cyclic N) is 1. The zero-order chi connectivity index (χ0) is 29.7. The predicted molar refractivity (Wildman–Crippen MR) is 160 cm³/mol. The Morgan fingerprint density at radius 2 is 1.93 bits per heavy atom. The van der Waals surface area contributed by atoms with E-state index in [9.17, 15) is 14.6 Å². The number of hydrogen-bond donors (Lipinski definition) is 2. The fraction of sp³-hybridized carbons (Fsp3) is 0.364. The van der Waals surface area contributed by atoms with Crippen LogP contribution in [0.2, 0.25) is 0 Å². The molecule has 5 heterocycles. The number of halogens is 2. The molecule has 3 aliphatic rings. The summed E-state index contributed by atoms with van der Waals surface area (Å²) in [7, 11) is 0. The Hall–Kier alpha value is -4.33. The smallest absolute Gasteiger partial charge is 0.319 e. The Morgan fingerprint density at radius 3 is 2.72 bits per heavy atom. The SMILES string of the molecule is C#Cc1c(F)ccc2cc(O)cc(-c3ncc4c(N5CCC=CCC5)nc(OC[C@@]56CCCN5C[C@@H](O)C6)nc4c3F)c12. The number of benzene rings is 2. The van der Waals surface area contributed by atoms with Gasteiger partial charge in [-0.05, 0) is 62.2 Å². The quantitative estimate of drug-likeness (QED) is 0.252. The number of aliphatic hydroxyl groups excluding tert-OH is 1. The summed E-state index contributed by atoms with van der Waals surface area (Å²) < 4.78 is 37.7. The van der Waals surface area contributed by atoms with Gasteiger partial charge in [0.15, 0.2) is 5.82 Å². The molecule has 0 aliphatic carbocycles.